The number of ether oxygens (including phenoxy) is 1. The Hall–Kier alpha value is -2.47. The molecule has 1 amide bonds. The maximum atomic E-state index is 11.4. The normalized spacial score (nSPS) is 19.9. The molecule has 2 aliphatic rings. The lowest BCUT2D eigenvalue weighted by Crippen LogP contribution is -2.36. The molecule has 6 heteroatoms. The number of carbonyl (C=O) groups is 1. The van der Waals surface area contributed by atoms with E-state index < -0.39 is 0 Å². The van der Waals surface area contributed by atoms with Crippen LogP contribution >= 0.6 is 0 Å². The molecule has 2 aromatic heterocycles. The average Bonchev–Trinajstić information content (AvgIpc) is 2.61. The number of hydrogen-bond donors (Lipinski definition) is 1. The molecule has 4 rings (SSSR count). The number of rotatable bonds is 4. The predicted molar refractivity (Wildman–Crippen MR) is 104 cm³/mol. The lowest BCUT2D eigenvalue weighted by Gasteiger charge is -2.32. The first-order valence-electron chi connectivity index (χ1n) is 9.64. The number of aryl methyl sites for hydroxylation is 2. The van der Waals surface area contributed by atoms with E-state index in [-0.39, 0.29) is 12.5 Å². The van der Waals surface area contributed by atoms with E-state index in [1.807, 2.05) is 12.1 Å². The summed E-state index contributed by atoms with van der Waals surface area (Å²) in [5.41, 5.74) is 5.24. The highest BCUT2D eigenvalue weighted by Gasteiger charge is 2.22. The highest BCUT2D eigenvalue weighted by Crippen LogP contribution is 2.27. The van der Waals surface area contributed by atoms with Crippen LogP contribution in [-0.2, 0) is 17.8 Å². The molecular weight excluding hydrogens is 340 g/mol. The van der Waals surface area contributed by atoms with Gasteiger partial charge >= 0.3 is 0 Å². The minimum absolute atomic E-state index is 0.0417. The van der Waals surface area contributed by atoms with E-state index >= 15 is 0 Å². The van der Waals surface area contributed by atoms with E-state index in [0.29, 0.717) is 17.5 Å². The van der Waals surface area contributed by atoms with Gasteiger partial charge in [0.15, 0.2) is 6.61 Å². The van der Waals surface area contributed by atoms with Crippen molar-refractivity contribution < 1.29 is 9.53 Å². The third-order valence-corrected chi connectivity index (χ3v) is 5.19. The average molecular weight is 366 g/mol. The Morgan fingerprint density at radius 2 is 2.04 bits per heavy atom. The van der Waals surface area contributed by atoms with E-state index in [4.69, 9.17) is 4.74 Å². The van der Waals surface area contributed by atoms with Crippen molar-refractivity contribution in [3.8, 4) is 5.88 Å². The first-order valence-corrected chi connectivity index (χ1v) is 9.64. The van der Waals surface area contributed by atoms with Gasteiger partial charge in [0.2, 0.25) is 5.88 Å². The van der Waals surface area contributed by atoms with E-state index in [1.54, 1.807) is 0 Å². The van der Waals surface area contributed by atoms with Crippen molar-refractivity contribution in [3.05, 3.63) is 46.9 Å². The number of amides is 1. The van der Waals surface area contributed by atoms with Crippen LogP contribution in [0.2, 0.25) is 0 Å². The summed E-state index contributed by atoms with van der Waals surface area (Å²) in [4.78, 5) is 22.9. The number of fused-ring (bicyclic) bond motifs is 1. The SMILES string of the molecule is Cc1cc(CC2CCCN(Cc3ccc4c(n3)OCC(=O)N4)C2)cc(C)n1. The Bertz CT molecular complexity index is 832. The molecule has 0 saturated carbocycles. The molecule has 2 aromatic rings. The summed E-state index contributed by atoms with van der Waals surface area (Å²) >= 11 is 0. The Kier molecular flexibility index (Phi) is 5.07. The Labute approximate surface area is 160 Å². The van der Waals surface area contributed by atoms with Gasteiger partial charge in [0.05, 0.1) is 5.69 Å². The van der Waals surface area contributed by atoms with E-state index in [9.17, 15) is 4.79 Å². The standard InChI is InChI=1S/C21H26N4O2/c1-14-8-17(9-15(2)22-14)10-16-4-3-7-25(11-16)12-18-5-6-19-21(23-18)27-13-20(26)24-19/h5-6,8-9,16H,3-4,7,10-13H2,1-2H3,(H,24,26). The zero-order valence-electron chi connectivity index (χ0n) is 16.0. The van der Waals surface area contributed by atoms with Gasteiger partial charge < -0.3 is 10.1 Å². The van der Waals surface area contributed by atoms with Crippen LogP contribution in [0.4, 0.5) is 5.69 Å². The van der Waals surface area contributed by atoms with E-state index in [2.05, 4.69) is 46.2 Å². The third kappa shape index (κ3) is 4.45. The molecule has 142 valence electrons. The van der Waals surface area contributed by atoms with Gasteiger partial charge in [0.1, 0.15) is 5.69 Å². The zero-order valence-corrected chi connectivity index (χ0v) is 16.0. The summed E-state index contributed by atoms with van der Waals surface area (Å²) in [6.45, 7) is 7.17. The third-order valence-electron chi connectivity index (χ3n) is 5.19. The fourth-order valence-electron chi connectivity index (χ4n) is 4.15. The van der Waals surface area contributed by atoms with E-state index in [1.165, 1.54) is 18.4 Å². The number of carbonyl (C=O) groups excluding carboxylic acids is 1. The number of pyridine rings is 2. The highest BCUT2D eigenvalue weighted by atomic mass is 16.5. The molecule has 4 heterocycles. The van der Waals surface area contributed by atoms with Crippen molar-refractivity contribution in [1.82, 2.24) is 14.9 Å². The molecule has 1 atom stereocenters. The number of anilines is 1. The van der Waals surface area contributed by atoms with Crippen LogP contribution in [0.1, 0.15) is 35.5 Å². The second-order valence-corrected chi connectivity index (χ2v) is 7.70. The number of hydrogen-bond acceptors (Lipinski definition) is 5. The van der Waals surface area contributed by atoms with Crippen LogP contribution in [-0.4, -0.2) is 40.5 Å². The van der Waals surface area contributed by atoms with E-state index in [0.717, 1.165) is 43.1 Å². The number of nitrogens with zero attached hydrogens (tertiary/aromatic N) is 3. The van der Waals surface area contributed by atoms with Gasteiger partial charge in [-0.05, 0) is 75.4 Å². The summed E-state index contributed by atoms with van der Waals surface area (Å²) in [6, 6.07) is 8.29. The fraction of sp³-hybridized carbons (Fsp3) is 0.476. The number of aromatic nitrogens is 2. The van der Waals surface area contributed by atoms with Crippen LogP contribution in [0.15, 0.2) is 24.3 Å². The van der Waals surface area contributed by atoms with Gasteiger partial charge in [0, 0.05) is 24.5 Å². The van der Waals surface area contributed by atoms with Crippen molar-refractivity contribution in [3.63, 3.8) is 0 Å². The minimum atomic E-state index is -0.127. The molecule has 0 aliphatic carbocycles. The Morgan fingerprint density at radius 3 is 2.85 bits per heavy atom. The van der Waals surface area contributed by atoms with Gasteiger partial charge in [-0.15, -0.1) is 0 Å². The lowest BCUT2D eigenvalue weighted by atomic mass is 9.91. The summed E-state index contributed by atoms with van der Waals surface area (Å²) < 4.78 is 5.44. The Balaban J connectivity index is 1.39. The van der Waals surface area contributed by atoms with Crippen molar-refractivity contribution in [1.29, 1.82) is 0 Å². The second kappa shape index (κ2) is 7.64. The van der Waals surface area contributed by atoms with Gasteiger partial charge in [0.25, 0.3) is 5.91 Å². The summed E-state index contributed by atoms with van der Waals surface area (Å²) in [7, 11) is 0. The van der Waals surface area contributed by atoms with Crippen LogP contribution < -0.4 is 10.1 Å². The van der Waals surface area contributed by atoms with Crippen LogP contribution in [0.25, 0.3) is 0 Å². The highest BCUT2D eigenvalue weighted by molar-refractivity contribution is 5.94. The molecule has 0 aromatic carbocycles. The number of likely N-dealkylation sites (tertiary alicyclic amines) is 1. The summed E-state index contributed by atoms with van der Waals surface area (Å²) in [5.74, 6) is 1.06. The molecule has 1 fully saturated rings. The number of nitrogens with one attached hydrogen (secondary N) is 1. The molecule has 1 unspecified atom stereocenters. The largest absolute Gasteiger partial charge is 0.466 e. The molecule has 1 saturated heterocycles. The molecule has 0 bridgehead atoms. The maximum Gasteiger partial charge on any atom is 0.262 e. The van der Waals surface area contributed by atoms with Crippen LogP contribution in [0, 0.1) is 19.8 Å². The van der Waals surface area contributed by atoms with Gasteiger partial charge in [-0.25, -0.2) is 4.98 Å². The zero-order chi connectivity index (χ0) is 18.8. The molecule has 0 spiro atoms. The molecule has 2 aliphatic heterocycles. The quantitative estimate of drug-likeness (QED) is 0.901. The molecule has 27 heavy (non-hydrogen) atoms. The Morgan fingerprint density at radius 1 is 1.22 bits per heavy atom. The topological polar surface area (TPSA) is 67.4 Å². The summed E-state index contributed by atoms with van der Waals surface area (Å²) in [5, 5.41) is 2.79. The lowest BCUT2D eigenvalue weighted by molar-refractivity contribution is -0.118. The van der Waals surface area contributed by atoms with Crippen LogP contribution in [0.3, 0.4) is 0 Å². The monoisotopic (exact) mass is 366 g/mol. The van der Waals surface area contributed by atoms with Gasteiger partial charge in [-0.2, -0.15) is 0 Å². The smallest absolute Gasteiger partial charge is 0.262 e. The molecular formula is C21H26N4O2. The molecule has 0 radical (unpaired) electrons. The first-order chi connectivity index (χ1) is 13.0. The van der Waals surface area contributed by atoms with Crippen molar-refractivity contribution in [2.75, 3.05) is 25.0 Å². The fourth-order valence-corrected chi connectivity index (χ4v) is 4.15. The molecule has 6 nitrogen and oxygen atoms in total. The van der Waals surface area contributed by atoms with Crippen molar-refractivity contribution >= 4 is 11.6 Å². The minimum Gasteiger partial charge on any atom is -0.466 e. The first kappa shape index (κ1) is 17.9. The van der Waals surface area contributed by atoms with Gasteiger partial charge in [-0.1, -0.05) is 0 Å². The van der Waals surface area contributed by atoms with Crippen molar-refractivity contribution in [2.45, 2.75) is 39.7 Å². The number of piperidine rings is 1. The van der Waals surface area contributed by atoms with Gasteiger partial charge in [-0.3, -0.25) is 14.7 Å². The van der Waals surface area contributed by atoms with Crippen molar-refractivity contribution in [2.24, 2.45) is 5.92 Å². The molecule has 1 N–H and O–H groups in total. The predicted octanol–water partition coefficient (Wildman–Crippen LogP) is 2.88. The van der Waals surface area contributed by atoms with Crippen LogP contribution in [0.5, 0.6) is 5.88 Å². The second-order valence-electron chi connectivity index (χ2n) is 7.70. The maximum absolute atomic E-state index is 11.4. The summed E-state index contributed by atoms with van der Waals surface area (Å²) in [6.07, 6.45) is 3.59.